The van der Waals surface area contributed by atoms with Gasteiger partial charge in [-0.1, -0.05) is 50.1 Å². The number of allylic oxidation sites excluding steroid dienone is 3. The Kier molecular flexibility index (Phi) is 10.6. The van der Waals surface area contributed by atoms with Gasteiger partial charge in [0.2, 0.25) is 0 Å². The molecule has 3 aliphatic rings. The van der Waals surface area contributed by atoms with Crippen LogP contribution in [0.2, 0.25) is 0 Å². The van der Waals surface area contributed by atoms with Crippen molar-refractivity contribution in [3.05, 3.63) is 53.1 Å². The van der Waals surface area contributed by atoms with Crippen molar-refractivity contribution in [3.8, 4) is 0 Å². The van der Waals surface area contributed by atoms with Crippen LogP contribution < -0.4 is 0 Å². The predicted octanol–water partition coefficient (Wildman–Crippen LogP) is 9.98. The van der Waals surface area contributed by atoms with E-state index in [4.69, 9.17) is 4.74 Å². The van der Waals surface area contributed by atoms with Gasteiger partial charge in [0.1, 0.15) is 0 Å². The van der Waals surface area contributed by atoms with Gasteiger partial charge in [0.25, 0.3) is 0 Å². The first-order chi connectivity index (χ1) is 17.5. The fourth-order valence-electron chi connectivity index (χ4n) is 6.81. The summed E-state index contributed by atoms with van der Waals surface area (Å²) in [6.07, 6.45) is 26.0. The molecule has 0 saturated heterocycles. The number of benzene rings is 1. The monoisotopic (exact) mass is 498 g/mol. The molecule has 0 radical (unpaired) electrons. The molecular weight excluding hydrogens is 450 g/mol. The molecule has 0 bridgehead atoms. The highest BCUT2D eigenvalue weighted by molar-refractivity contribution is 5.67. The maximum absolute atomic E-state index is 14.4. The summed E-state index contributed by atoms with van der Waals surface area (Å²) in [5, 5.41) is 0. The van der Waals surface area contributed by atoms with Crippen LogP contribution in [0.3, 0.4) is 0 Å². The van der Waals surface area contributed by atoms with E-state index in [2.05, 4.69) is 25.2 Å². The molecule has 200 valence electrons. The van der Waals surface area contributed by atoms with Crippen molar-refractivity contribution in [2.24, 2.45) is 23.7 Å². The summed E-state index contributed by atoms with van der Waals surface area (Å²) in [6, 6.07) is 3.39. The number of halogens is 2. The molecule has 1 unspecified atom stereocenters. The average Bonchev–Trinajstić information content (AvgIpc) is 2.92. The average molecular weight is 499 g/mol. The summed E-state index contributed by atoms with van der Waals surface area (Å²) >= 11 is 0. The van der Waals surface area contributed by atoms with Gasteiger partial charge in [0.05, 0.1) is 6.10 Å². The Labute approximate surface area is 218 Å². The Morgan fingerprint density at radius 2 is 1.61 bits per heavy atom. The van der Waals surface area contributed by atoms with Gasteiger partial charge >= 0.3 is 0 Å². The molecule has 1 aromatic rings. The Hall–Kier alpha value is -1.48. The minimum atomic E-state index is -0.718. The molecule has 0 heterocycles. The smallest absolute Gasteiger partial charge is 0.166 e. The van der Waals surface area contributed by atoms with Crippen LogP contribution in [-0.4, -0.2) is 12.7 Å². The van der Waals surface area contributed by atoms with Gasteiger partial charge < -0.3 is 4.74 Å². The second kappa shape index (κ2) is 13.9. The van der Waals surface area contributed by atoms with E-state index < -0.39 is 11.6 Å². The van der Waals surface area contributed by atoms with E-state index in [-0.39, 0.29) is 6.10 Å². The number of aryl methyl sites for hydroxylation is 1. The van der Waals surface area contributed by atoms with Crippen LogP contribution in [0.1, 0.15) is 114 Å². The van der Waals surface area contributed by atoms with Crippen LogP contribution >= 0.6 is 0 Å². The highest BCUT2D eigenvalue weighted by Crippen LogP contribution is 2.42. The second-order valence-corrected chi connectivity index (χ2v) is 11.9. The quantitative estimate of drug-likeness (QED) is 0.230. The summed E-state index contributed by atoms with van der Waals surface area (Å²) in [4.78, 5) is 0. The zero-order valence-corrected chi connectivity index (χ0v) is 22.8. The Morgan fingerprint density at radius 1 is 0.889 bits per heavy atom. The summed E-state index contributed by atoms with van der Waals surface area (Å²) in [6.45, 7) is 4.74. The van der Waals surface area contributed by atoms with Crippen molar-refractivity contribution < 1.29 is 13.5 Å². The zero-order valence-electron chi connectivity index (χ0n) is 22.8. The predicted molar refractivity (Wildman–Crippen MR) is 147 cm³/mol. The van der Waals surface area contributed by atoms with E-state index in [1.54, 1.807) is 19.1 Å². The molecule has 1 nitrogen and oxygen atoms in total. The number of ether oxygens (including phenoxy) is 1. The lowest BCUT2D eigenvalue weighted by Gasteiger charge is -2.37. The van der Waals surface area contributed by atoms with Gasteiger partial charge in [-0.05, 0) is 125 Å². The van der Waals surface area contributed by atoms with Crippen LogP contribution in [0.25, 0.3) is 5.57 Å². The molecule has 2 fully saturated rings. The third-order valence-corrected chi connectivity index (χ3v) is 9.31. The molecule has 36 heavy (non-hydrogen) atoms. The lowest BCUT2D eigenvalue weighted by Crippen LogP contribution is -2.28. The van der Waals surface area contributed by atoms with Gasteiger partial charge in [0.15, 0.2) is 11.6 Å². The van der Waals surface area contributed by atoms with Gasteiger partial charge in [-0.2, -0.15) is 0 Å². The molecule has 0 aromatic heterocycles. The third-order valence-electron chi connectivity index (χ3n) is 9.31. The Morgan fingerprint density at radius 3 is 2.28 bits per heavy atom. The third kappa shape index (κ3) is 7.53. The molecule has 1 aromatic carbocycles. The molecule has 3 aliphatic carbocycles. The lowest BCUT2D eigenvalue weighted by molar-refractivity contribution is 0.00924. The highest BCUT2D eigenvalue weighted by Gasteiger charge is 2.31. The largest absolute Gasteiger partial charge is 0.378 e. The van der Waals surface area contributed by atoms with E-state index in [1.165, 1.54) is 77.0 Å². The second-order valence-electron chi connectivity index (χ2n) is 11.9. The van der Waals surface area contributed by atoms with Crippen molar-refractivity contribution >= 4 is 5.57 Å². The maximum Gasteiger partial charge on any atom is 0.166 e. The standard InChI is InChI=1S/C33H48F2O/c1-3-4-5-6-7-8-25-10-14-27(15-11-25)28-16-12-26(13-17-28)23-36-30-20-18-29(19-21-30)31-22-9-24(2)32(34)33(31)35/h7-9,18,22,25-28,30H,3-6,10-17,19-21,23H2,1-2H3. The topological polar surface area (TPSA) is 9.23 Å². The molecular formula is C33H48F2O. The first kappa shape index (κ1) is 27.6. The fraction of sp³-hybridized carbons (Fsp3) is 0.697. The first-order valence-electron chi connectivity index (χ1n) is 15.0. The van der Waals surface area contributed by atoms with E-state index in [9.17, 15) is 8.78 Å². The van der Waals surface area contributed by atoms with E-state index in [0.29, 0.717) is 17.0 Å². The molecule has 3 heteroatoms. The van der Waals surface area contributed by atoms with Gasteiger partial charge in [0, 0.05) is 12.2 Å². The summed E-state index contributed by atoms with van der Waals surface area (Å²) in [7, 11) is 0. The van der Waals surface area contributed by atoms with Crippen molar-refractivity contribution in [1.82, 2.24) is 0 Å². The number of unbranched alkanes of at least 4 members (excludes halogenated alkanes) is 3. The van der Waals surface area contributed by atoms with Crippen LogP contribution in [0.15, 0.2) is 30.4 Å². The number of hydrogen-bond acceptors (Lipinski definition) is 1. The molecule has 0 amide bonds. The summed E-state index contributed by atoms with van der Waals surface area (Å²) < 4.78 is 34.6. The molecule has 0 aliphatic heterocycles. The van der Waals surface area contributed by atoms with Crippen LogP contribution in [0.4, 0.5) is 8.78 Å². The van der Waals surface area contributed by atoms with E-state index in [1.807, 2.05) is 0 Å². The van der Waals surface area contributed by atoms with Crippen molar-refractivity contribution in [2.75, 3.05) is 6.61 Å². The number of rotatable bonds is 10. The van der Waals surface area contributed by atoms with Gasteiger partial charge in [-0.25, -0.2) is 8.78 Å². The SMILES string of the molecule is CCCCCC=CC1CCC(C2CCC(COC3CC=C(c4ccc(C)c(F)c4F)CC3)CC2)CC1. The first-order valence-corrected chi connectivity index (χ1v) is 15.0. The van der Waals surface area contributed by atoms with Crippen molar-refractivity contribution in [1.29, 1.82) is 0 Å². The van der Waals surface area contributed by atoms with Crippen molar-refractivity contribution in [2.45, 2.75) is 116 Å². The Balaban J connectivity index is 1.13. The summed E-state index contributed by atoms with van der Waals surface area (Å²) in [5.41, 5.74) is 1.71. The molecule has 2 saturated carbocycles. The van der Waals surface area contributed by atoms with Gasteiger partial charge in [-0.3, -0.25) is 0 Å². The zero-order chi connectivity index (χ0) is 25.3. The summed E-state index contributed by atoms with van der Waals surface area (Å²) in [5.74, 6) is 1.98. The Bertz CT molecular complexity index is 872. The van der Waals surface area contributed by atoms with E-state index >= 15 is 0 Å². The maximum atomic E-state index is 14.4. The lowest BCUT2D eigenvalue weighted by atomic mass is 9.69. The highest BCUT2D eigenvalue weighted by atomic mass is 19.2. The molecule has 1 atom stereocenters. The van der Waals surface area contributed by atoms with Gasteiger partial charge in [-0.15, -0.1) is 0 Å². The van der Waals surface area contributed by atoms with Crippen LogP contribution in [0.5, 0.6) is 0 Å². The van der Waals surface area contributed by atoms with Crippen LogP contribution in [-0.2, 0) is 4.74 Å². The molecule has 4 rings (SSSR count). The normalized spacial score (nSPS) is 29.4. The minimum absolute atomic E-state index is 0.218. The van der Waals surface area contributed by atoms with Crippen molar-refractivity contribution in [3.63, 3.8) is 0 Å². The van der Waals surface area contributed by atoms with E-state index in [0.717, 1.165) is 49.2 Å². The van der Waals surface area contributed by atoms with Crippen LogP contribution in [0, 0.1) is 42.2 Å². The number of hydrogen-bond donors (Lipinski definition) is 0. The minimum Gasteiger partial charge on any atom is -0.378 e. The molecule has 0 spiro atoms. The fourth-order valence-corrected chi connectivity index (χ4v) is 6.81. The molecule has 0 N–H and O–H groups in total.